The normalized spacial score (nSPS) is 20.4. The summed E-state index contributed by atoms with van der Waals surface area (Å²) in [6.45, 7) is 10.7. The van der Waals surface area contributed by atoms with Gasteiger partial charge in [0.05, 0.1) is 0 Å². The van der Waals surface area contributed by atoms with E-state index < -0.39 is 5.92 Å². The molecule has 2 aliphatic rings. The van der Waals surface area contributed by atoms with Gasteiger partial charge in [-0.05, 0) is 81.1 Å². The molecular formula is C25H34F2N2O. The number of allylic oxidation sites excluding steroid dienone is 2. The van der Waals surface area contributed by atoms with E-state index >= 15 is 0 Å². The molecule has 0 unspecified atom stereocenters. The van der Waals surface area contributed by atoms with E-state index in [-0.39, 0.29) is 24.7 Å². The van der Waals surface area contributed by atoms with Crippen LogP contribution in [0.1, 0.15) is 65.6 Å². The molecule has 30 heavy (non-hydrogen) atoms. The molecule has 1 saturated carbocycles. The topological polar surface area (TPSA) is 41.1 Å². The monoisotopic (exact) mass is 416 g/mol. The van der Waals surface area contributed by atoms with Crippen LogP contribution in [0.25, 0.3) is 6.08 Å². The Morgan fingerprint density at radius 1 is 1.17 bits per heavy atom. The SMILES string of the molecule is C=C(/C=C\c1c(C)ccc(C)c1C(=O)NCC1CCC(F)(F)CC1)C1CCNCC1. The number of halogens is 2. The van der Waals surface area contributed by atoms with Crippen LogP contribution >= 0.6 is 0 Å². The van der Waals surface area contributed by atoms with Crippen molar-refractivity contribution in [3.05, 3.63) is 52.6 Å². The Kier molecular flexibility index (Phi) is 7.45. The number of carbonyl (C=O) groups is 1. The van der Waals surface area contributed by atoms with Gasteiger partial charge >= 0.3 is 0 Å². The number of piperidine rings is 1. The van der Waals surface area contributed by atoms with Crippen molar-refractivity contribution in [2.75, 3.05) is 19.6 Å². The van der Waals surface area contributed by atoms with Gasteiger partial charge in [0.25, 0.3) is 5.91 Å². The molecule has 1 aromatic carbocycles. The first-order chi connectivity index (χ1) is 14.3. The molecule has 2 fully saturated rings. The second kappa shape index (κ2) is 9.86. The van der Waals surface area contributed by atoms with Crippen molar-refractivity contribution in [1.82, 2.24) is 10.6 Å². The number of carbonyl (C=O) groups excluding carboxylic acids is 1. The minimum Gasteiger partial charge on any atom is -0.352 e. The van der Waals surface area contributed by atoms with Gasteiger partial charge in [-0.25, -0.2) is 8.78 Å². The highest BCUT2D eigenvalue weighted by Gasteiger charge is 2.34. The lowest BCUT2D eigenvalue weighted by Gasteiger charge is -2.28. The third-order valence-electron chi connectivity index (χ3n) is 6.61. The molecule has 0 radical (unpaired) electrons. The minimum absolute atomic E-state index is 0.0796. The van der Waals surface area contributed by atoms with Gasteiger partial charge in [0.1, 0.15) is 0 Å². The number of hydrogen-bond acceptors (Lipinski definition) is 2. The smallest absolute Gasteiger partial charge is 0.252 e. The average Bonchev–Trinajstić information content (AvgIpc) is 2.73. The molecule has 2 N–H and O–H groups in total. The Hall–Kier alpha value is -2.01. The molecule has 1 saturated heterocycles. The van der Waals surface area contributed by atoms with Crippen LogP contribution in [0.2, 0.25) is 0 Å². The molecule has 3 rings (SSSR count). The van der Waals surface area contributed by atoms with E-state index in [1.807, 2.05) is 32.1 Å². The maximum atomic E-state index is 13.4. The van der Waals surface area contributed by atoms with E-state index in [0.717, 1.165) is 48.2 Å². The number of hydrogen-bond donors (Lipinski definition) is 2. The van der Waals surface area contributed by atoms with E-state index in [2.05, 4.69) is 23.3 Å². The van der Waals surface area contributed by atoms with E-state index in [1.165, 1.54) is 0 Å². The first-order valence-corrected chi connectivity index (χ1v) is 11.1. The van der Waals surface area contributed by atoms with E-state index in [9.17, 15) is 13.6 Å². The zero-order valence-electron chi connectivity index (χ0n) is 18.2. The third-order valence-corrected chi connectivity index (χ3v) is 6.61. The fourth-order valence-electron chi connectivity index (χ4n) is 4.50. The highest BCUT2D eigenvalue weighted by molar-refractivity contribution is 5.99. The van der Waals surface area contributed by atoms with Gasteiger partial charge in [-0.15, -0.1) is 0 Å². The van der Waals surface area contributed by atoms with Crippen LogP contribution in [-0.2, 0) is 0 Å². The Morgan fingerprint density at radius 3 is 2.47 bits per heavy atom. The van der Waals surface area contributed by atoms with Gasteiger partial charge in [0.15, 0.2) is 0 Å². The summed E-state index contributed by atoms with van der Waals surface area (Å²) in [6, 6.07) is 3.99. The second-order valence-corrected chi connectivity index (χ2v) is 8.93. The molecule has 1 heterocycles. The van der Waals surface area contributed by atoms with Gasteiger partial charge in [-0.1, -0.05) is 36.4 Å². The Balaban J connectivity index is 1.69. The van der Waals surface area contributed by atoms with Crippen LogP contribution in [0.5, 0.6) is 0 Å². The Labute approximate surface area is 179 Å². The molecule has 3 nitrogen and oxygen atoms in total. The highest BCUT2D eigenvalue weighted by atomic mass is 19.3. The van der Waals surface area contributed by atoms with Gasteiger partial charge in [0, 0.05) is 24.9 Å². The summed E-state index contributed by atoms with van der Waals surface area (Å²) in [6.07, 6.45) is 7.01. The number of aryl methyl sites for hydroxylation is 2. The van der Waals surface area contributed by atoms with Crippen LogP contribution < -0.4 is 10.6 Å². The van der Waals surface area contributed by atoms with Crippen molar-refractivity contribution >= 4 is 12.0 Å². The van der Waals surface area contributed by atoms with Crippen molar-refractivity contribution in [2.24, 2.45) is 11.8 Å². The number of rotatable bonds is 6. The summed E-state index contributed by atoms with van der Waals surface area (Å²) < 4.78 is 26.7. The second-order valence-electron chi connectivity index (χ2n) is 8.93. The van der Waals surface area contributed by atoms with Gasteiger partial charge in [-0.3, -0.25) is 4.79 Å². The molecule has 0 aromatic heterocycles. The van der Waals surface area contributed by atoms with Crippen LogP contribution in [0, 0.1) is 25.7 Å². The number of benzene rings is 1. The van der Waals surface area contributed by atoms with Crippen LogP contribution in [0.4, 0.5) is 8.78 Å². The Morgan fingerprint density at radius 2 is 1.80 bits per heavy atom. The van der Waals surface area contributed by atoms with Crippen molar-refractivity contribution in [3.8, 4) is 0 Å². The highest BCUT2D eigenvalue weighted by Crippen LogP contribution is 2.35. The van der Waals surface area contributed by atoms with Crippen LogP contribution in [0.3, 0.4) is 0 Å². The quantitative estimate of drug-likeness (QED) is 0.607. The zero-order chi connectivity index (χ0) is 21.7. The summed E-state index contributed by atoms with van der Waals surface area (Å²) in [4.78, 5) is 13.0. The maximum Gasteiger partial charge on any atom is 0.252 e. The molecule has 0 bridgehead atoms. The Bertz CT molecular complexity index is 800. The average molecular weight is 417 g/mol. The molecule has 5 heteroatoms. The van der Waals surface area contributed by atoms with Crippen LogP contribution in [-0.4, -0.2) is 31.5 Å². The summed E-state index contributed by atoms with van der Waals surface area (Å²) in [7, 11) is 0. The first-order valence-electron chi connectivity index (χ1n) is 11.1. The van der Waals surface area contributed by atoms with Gasteiger partial charge in [0.2, 0.25) is 5.92 Å². The lowest BCUT2D eigenvalue weighted by Crippen LogP contribution is -2.34. The molecule has 1 aliphatic heterocycles. The summed E-state index contributed by atoms with van der Waals surface area (Å²) in [5.74, 6) is -2.06. The van der Waals surface area contributed by atoms with E-state index in [1.54, 1.807) is 0 Å². The lowest BCUT2D eigenvalue weighted by molar-refractivity contribution is -0.0452. The molecule has 164 valence electrons. The molecule has 1 aromatic rings. The number of alkyl halides is 2. The largest absolute Gasteiger partial charge is 0.352 e. The molecule has 1 aliphatic carbocycles. The molecule has 0 spiro atoms. The summed E-state index contributed by atoms with van der Waals surface area (Å²) in [5.41, 5.74) is 4.65. The van der Waals surface area contributed by atoms with Gasteiger partial charge < -0.3 is 10.6 Å². The van der Waals surface area contributed by atoms with Crippen LogP contribution in [0.15, 0.2) is 30.4 Å². The lowest BCUT2D eigenvalue weighted by atomic mass is 9.86. The summed E-state index contributed by atoms with van der Waals surface area (Å²) >= 11 is 0. The number of nitrogens with one attached hydrogen (secondary N) is 2. The van der Waals surface area contributed by atoms with Crippen molar-refractivity contribution in [2.45, 2.75) is 58.3 Å². The zero-order valence-corrected chi connectivity index (χ0v) is 18.2. The van der Waals surface area contributed by atoms with Crippen molar-refractivity contribution in [1.29, 1.82) is 0 Å². The fourth-order valence-corrected chi connectivity index (χ4v) is 4.50. The van der Waals surface area contributed by atoms with E-state index in [0.29, 0.717) is 30.9 Å². The first kappa shape index (κ1) is 22.7. The third kappa shape index (κ3) is 5.78. The predicted octanol–water partition coefficient (Wildman–Crippen LogP) is 5.43. The molecule has 1 amide bonds. The van der Waals surface area contributed by atoms with Gasteiger partial charge in [-0.2, -0.15) is 0 Å². The van der Waals surface area contributed by atoms with Crippen molar-refractivity contribution in [3.63, 3.8) is 0 Å². The predicted molar refractivity (Wildman–Crippen MR) is 119 cm³/mol. The minimum atomic E-state index is -2.54. The van der Waals surface area contributed by atoms with Crippen molar-refractivity contribution < 1.29 is 13.6 Å². The molecule has 0 atom stereocenters. The number of amides is 1. The maximum absolute atomic E-state index is 13.4. The molecular weight excluding hydrogens is 382 g/mol. The fraction of sp³-hybridized carbons (Fsp3) is 0.560. The standard InChI is InChI=1S/C25H34F2N2O/c1-17(21-10-14-28-15-11-21)6-7-22-18(2)4-5-19(3)23(22)24(30)29-16-20-8-12-25(26,27)13-9-20/h4-7,20-21,28H,1,8-16H2,2-3H3,(H,29,30)/b7-6-. The van der Waals surface area contributed by atoms with E-state index in [4.69, 9.17) is 0 Å². The summed E-state index contributed by atoms with van der Waals surface area (Å²) in [5, 5.41) is 6.38.